The third kappa shape index (κ3) is 2.27. The lowest BCUT2D eigenvalue weighted by atomic mass is 10.1. The summed E-state index contributed by atoms with van der Waals surface area (Å²) < 4.78 is 25.5. The molecule has 1 aromatic heterocycles. The lowest BCUT2D eigenvalue weighted by Gasteiger charge is -2.16. The third-order valence-electron chi connectivity index (χ3n) is 3.58. The topological polar surface area (TPSA) is 47.0 Å². The van der Waals surface area contributed by atoms with Crippen molar-refractivity contribution in [2.75, 3.05) is 0 Å². The van der Waals surface area contributed by atoms with E-state index in [1.807, 2.05) is 24.3 Å². The van der Waals surface area contributed by atoms with E-state index in [1.165, 1.54) is 0 Å². The van der Waals surface area contributed by atoms with Crippen molar-refractivity contribution >= 4 is 15.4 Å². The summed E-state index contributed by atoms with van der Waals surface area (Å²) in [5, 5.41) is -0.464. The highest BCUT2D eigenvalue weighted by molar-refractivity contribution is 7.92. The van der Waals surface area contributed by atoms with Crippen molar-refractivity contribution in [3.8, 4) is 0 Å². The van der Waals surface area contributed by atoms with Crippen molar-refractivity contribution < 1.29 is 8.42 Å². The van der Waals surface area contributed by atoms with Gasteiger partial charge in [-0.05, 0) is 42.2 Å². The number of aromatic nitrogens is 1. The van der Waals surface area contributed by atoms with Gasteiger partial charge in [0, 0.05) is 12.4 Å². The summed E-state index contributed by atoms with van der Waals surface area (Å²) in [5.74, 6) is 0. The molecule has 0 spiro atoms. The van der Waals surface area contributed by atoms with Gasteiger partial charge in [-0.25, -0.2) is 8.42 Å². The van der Waals surface area contributed by atoms with E-state index in [4.69, 9.17) is 0 Å². The number of rotatable bonds is 3. The van der Waals surface area contributed by atoms with Crippen LogP contribution in [0.1, 0.15) is 18.4 Å². The van der Waals surface area contributed by atoms with Gasteiger partial charge in [0.2, 0.25) is 0 Å². The summed E-state index contributed by atoms with van der Waals surface area (Å²) in [6.45, 7) is 0. The average Bonchev–Trinajstić information content (AvgIpc) is 2.99. The molecule has 1 heterocycles. The molecule has 0 radical (unpaired) electrons. The highest BCUT2D eigenvalue weighted by Gasteiger charge is 2.33. The molecule has 2 aromatic rings. The first-order valence-electron chi connectivity index (χ1n) is 6.59. The molecule has 0 bridgehead atoms. The van der Waals surface area contributed by atoms with Crippen LogP contribution in [0.15, 0.2) is 65.8 Å². The molecule has 3 rings (SSSR count). The Morgan fingerprint density at radius 1 is 1.05 bits per heavy atom. The molecule has 102 valence electrons. The lowest BCUT2D eigenvalue weighted by Crippen LogP contribution is -2.20. The molecule has 0 fully saturated rings. The minimum absolute atomic E-state index is 0.390. The molecule has 20 heavy (non-hydrogen) atoms. The molecule has 0 saturated carbocycles. The number of hydrogen-bond acceptors (Lipinski definition) is 3. The summed E-state index contributed by atoms with van der Waals surface area (Å²) in [6.07, 6.45) is 6.87. The van der Waals surface area contributed by atoms with Crippen LogP contribution in [0.25, 0.3) is 5.57 Å². The van der Waals surface area contributed by atoms with Crippen molar-refractivity contribution in [2.45, 2.75) is 23.0 Å². The van der Waals surface area contributed by atoms with Gasteiger partial charge in [-0.3, -0.25) is 4.98 Å². The fourth-order valence-electron chi connectivity index (χ4n) is 2.61. The van der Waals surface area contributed by atoms with Gasteiger partial charge >= 0.3 is 0 Å². The van der Waals surface area contributed by atoms with Crippen LogP contribution in [-0.2, 0) is 9.84 Å². The normalized spacial score (nSPS) is 18.8. The van der Waals surface area contributed by atoms with Crippen LogP contribution in [-0.4, -0.2) is 18.7 Å². The number of nitrogens with zero attached hydrogens (tertiary/aromatic N) is 1. The summed E-state index contributed by atoms with van der Waals surface area (Å²) in [4.78, 5) is 4.47. The largest absolute Gasteiger partial charge is 0.264 e. The summed E-state index contributed by atoms with van der Waals surface area (Å²) in [7, 11) is -3.33. The van der Waals surface area contributed by atoms with Crippen LogP contribution < -0.4 is 0 Å². The van der Waals surface area contributed by atoms with Crippen LogP contribution in [0.5, 0.6) is 0 Å². The van der Waals surface area contributed by atoms with Gasteiger partial charge < -0.3 is 0 Å². The van der Waals surface area contributed by atoms with Gasteiger partial charge in [-0.1, -0.05) is 30.3 Å². The fraction of sp³-hybridized carbons (Fsp3) is 0.188. The van der Waals surface area contributed by atoms with E-state index in [0.717, 1.165) is 17.6 Å². The van der Waals surface area contributed by atoms with Gasteiger partial charge in [0.1, 0.15) is 0 Å². The maximum Gasteiger partial charge on any atom is 0.185 e. The second-order valence-corrected chi connectivity index (χ2v) is 6.96. The molecule has 1 aliphatic carbocycles. The monoisotopic (exact) mass is 285 g/mol. The predicted octanol–water partition coefficient (Wildman–Crippen LogP) is 3.10. The van der Waals surface area contributed by atoms with Gasteiger partial charge in [-0.15, -0.1) is 0 Å². The van der Waals surface area contributed by atoms with E-state index in [1.54, 1.807) is 36.7 Å². The minimum atomic E-state index is -3.33. The first-order valence-corrected chi connectivity index (χ1v) is 8.13. The Kier molecular flexibility index (Phi) is 3.40. The van der Waals surface area contributed by atoms with Crippen LogP contribution in [0.2, 0.25) is 0 Å². The van der Waals surface area contributed by atoms with E-state index in [-0.39, 0.29) is 0 Å². The zero-order valence-corrected chi connectivity index (χ0v) is 11.8. The molecule has 0 aliphatic heterocycles. The highest BCUT2D eigenvalue weighted by atomic mass is 32.2. The number of allylic oxidation sites excluding steroid dienone is 1. The molecule has 3 nitrogen and oxygen atoms in total. The third-order valence-corrected chi connectivity index (χ3v) is 5.75. The van der Waals surface area contributed by atoms with Crippen molar-refractivity contribution in [2.24, 2.45) is 0 Å². The molecular formula is C16H15NO2S. The summed E-state index contributed by atoms with van der Waals surface area (Å²) >= 11 is 0. The van der Waals surface area contributed by atoms with E-state index < -0.39 is 15.1 Å². The zero-order valence-electron chi connectivity index (χ0n) is 10.9. The van der Waals surface area contributed by atoms with E-state index >= 15 is 0 Å². The summed E-state index contributed by atoms with van der Waals surface area (Å²) in [6, 6.07) is 12.4. The SMILES string of the molecule is O=S(=O)(c1ccccc1)C1CCC=C1c1cccnc1. The molecule has 0 saturated heterocycles. The van der Waals surface area contributed by atoms with E-state index in [2.05, 4.69) is 4.98 Å². The van der Waals surface area contributed by atoms with Crippen LogP contribution >= 0.6 is 0 Å². The molecule has 1 unspecified atom stereocenters. The molecule has 1 atom stereocenters. The van der Waals surface area contributed by atoms with Crippen molar-refractivity contribution in [3.63, 3.8) is 0 Å². The molecule has 1 aliphatic rings. The fourth-order valence-corrected chi connectivity index (χ4v) is 4.49. The molecule has 0 N–H and O–H groups in total. The zero-order chi connectivity index (χ0) is 14.0. The van der Waals surface area contributed by atoms with Crippen molar-refractivity contribution in [3.05, 3.63) is 66.5 Å². The van der Waals surface area contributed by atoms with Crippen molar-refractivity contribution in [1.29, 1.82) is 0 Å². The van der Waals surface area contributed by atoms with Crippen molar-refractivity contribution in [1.82, 2.24) is 4.98 Å². The van der Waals surface area contributed by atoms with Gasteiger partial charge in [0.25, 0.3) is 0 Å². The number of benzene rings is 1. The Labute approximate surface area is 118 Å². The highest BCUT2D eigenvalue weighted by Crippen LogP contribution is 2.35. The average molecular weight is 285 g/mol. The van der Waals surface area contributed by atoms with Gasteiger partial charge in [0.05, 0.1) is 10.1 Å². The van der Waals surface area contributed by atoms with Crippen LogP contribution in [0, 0.1) is 0 Å². The Morgan fingerprint density at radius 3 is 2.55 bits per heavy atom. The first-order chi connectivity index (χ1) is 9.69. The molecule has 4 heteroatoms. The summed E-state index contributed by atoms with van der Waals surface area (Å²) in [5.41, 5.74) is 1.77. The molecule has 1 aromatic carbocycles. The standard InChI is InChI=1S/C16H15NO2S/c18-20(19,14-7-2-1-3-8-14)16-10-4-9-15(16)13-6-5-11-17-12-13/h1-3,5-9,11-12,16H,4,10H2. The molecular weight excluding hydrogens is 270 g/mol. The van der Waals surface area contributed by atoms with E-state index in [0.29, 0.717) is 11.3 Å². The Morgan fingerprint density at radius 2 is 1.85 bits per heavy atom. The quantitative estimate of drug-likeness (QED) is 0.870. The minimum Gasteiger partial charge on any atom is -0.264 e. The van der Waals surface area contributed by atoms with E-state index in [9.17, 15) is 8.42 Å². The maximum atomic E-state index is 12.8. The van der Waals surface area contributed by atoms with Crippen LogP contribution in [0.3, 0.4) is 0 Å². The number of hydrogen-bond donors (Lipinski definition) is 0. The Hall–Kier alpha value is -1.94. The molecule has 0 amide bonds. The lowest BCUT2D eigenvalue weighted by molar-refractivity contribution is 0.588. The van der Waals surface area contributed by atoms with Gasteiger partial charge in [-0.2, -0.15) is 0 Å². The predicted molar refractivity (Wildman–Crippen MR) is 78.9 cm³/mol. The first kappa shape index (κ1) is 13.1. The Balaban J connectivity index is 2.01. The number of sulfone groups is 1. The van der Waals surface area contributed by atoms with Gasteiger partial charge in [0.15, 0.2) is 9.84 Å². The maximum absolute atomic E-state index is 12.8. The number of pyridine rings is 1. The van der Waals surface area contributed by atoms with Crippen LogP contribution in [0.4, 0.5) is 0 Å². The Bertz CT molecular complexity index is 722. The second-order valence-electron chi connectivity index (χ2n) is 4.83. The smallest absolute Gasteiger partial charge is 0.185 e. The second kappa shape index (κ2) is 5.21.